The lowest BCUT2D eigenvalue weighted by Crippen LogP contribution is -2.04. The lowest BCUT2D eigenvalue weighted by Gasteiger charge is -2.10. The quantitative estimate of drug-likeness (QED) is 0.698. The zero-order chi connectivity index (χ0) is 15.6. The molecule has 0 aromatic heterocycles. The van der Waals surface area contributed by atoms with E-state index in [1.807, 2.05) is 48.5 Å². The Bertz CT molecular complexity index is 540. The summed E-state index contributed by atoms with van der Waals surface area (Å²) < 4.78 is 15.8. The van der Waals surface area contributed by atoms with E-state index in [0.29, 0.717) is 19.8 Å². The third-order valence-corrected chi connectivity index (χ3v) is 2.91. The number of anilines is 2. The van der Waals surface area contributed by atoms with Gasteiger partial charge in [0.25, 0.3) is 0 Å². The van der Waals surface area contributed by atoms with E-state index in [1.54, 1.807) is 7.11 Å². The highest BCUT2D eigenvalue weighted by molar-refractivity contribution is 5.60. The molecule has 22 heavy (non-hydrogen) atoms. The number of aliphatic hydroxyl groups is 1. The van der Waals surface area contributed by atoms with Gasteiger partial charge < -0.3 is 24.6 Å². The summed E-state index contributed by atoms with van der Waals surface area (Å²) in [5.41, 5.74) is 1.94. The molecule has 0 heterocycles. The van der Waals surface area contributed by atoms with E-state index in [2.05, 4.69) is 5.32 Å². The van der Waals surface area contributed by atoms with Gasteiger partial charge in [-0.05, 0) is 48.5 Å². The zero-order valence-electron chi connectivity index (χ0n) is 12.6. The van der Waals surface area contributed by atoms with Crippen LogP contribution < -0.4 is 14.8 Å². The molecule has 0 unspecified atom stereocenters. The molecule has 0 aliphatic carbocycles. The second kappa shape index (κ2) is 8.92. The Morgan fingerprint density at radius 3 is 1.73 bits per heavy atom. The summed E-state index contributed by atoms with van der Waals surface area (Å²) in [5, 5.41) is 12.0. The van der Waals surface area contributed by atoms with Crippen molar-refractivity contribution < 1.29 is 19.3 Å². The van der Waals surface area contributed by atoms with Crippen LogP contribution in [0.15, 0.2) is 48.5 Å². The van der Waals surface area contributed by atoms with Gasteiger partial charge in [-0.2, -0.15) is 0 Å². The van der Waals surface area contributed by atoms with Gasteiger partial charge in [-0.3, -0.25) is 0 Å². The maximum absolute atomic E-state index is 8.71. The lowest BCUT2D eigenvalue weighted by atomic mass is 10.2. The van der Waals surface area contributed by atoms with E-state index in [1.165, 1.54) is 0 Å². The minimum absolute atomic E-state index is 0.0127. The molecule has 0 bridgehead atoms. The molecular formula is C17H21NO4. The highest BCUT2D eigenvalue weighted by Crippen LogP contribution is 2.22. The molecule has 2 aromatic carbocycles. The Morgan fingerprint density at radius 2 is 1.27 bits per heavy atom. The van der Waals surface area contributed by atoms with Gasteiger partial charge in [0, 0.05) is 18.5 Å². The van der Waals surface area contributed by atoms with E-state index in [0.717, 1.165) is 22.9 Å². The predicted octanol–water partition coefficient (Wildman–Crippen LogP) is 2.83. The molecule has 0 amide bonds. The molecule has 118 valence electrons. The van der Waals surface area contributed by atoms with Gasteiger partial charge in [-0.1, -0.05) is 0 Å². The molecule has 0 atom stereocenters. The van der Waals surface area contributed by atoms with Crippen LogP contribution in [0.2, 0.25) is 0 Å². The number of rotatable bonds is 9. The number of hydrogen-bond donors (Lipinski definition) is 2. The molecule has 0 fully saturated rings. The molecule has 0 saturated carbocycles. The van der Waals surface area contributed by atoms with Crippen LogP contribution in [0.25, 0.3) is 0 Å². The van der Waals surface area contributed by atoms with Crippen molar-refractivity contribution in [1.29, 1.82) is 0 Å². The third-order valence-electron chi connectivity index (χ3n) is 2.91. The fourth-order valence-corrected chi connectivity index (χ4v) is 1.84. The molecule has 2 rings (SSSR count). The SMILES string of the molecule is COCCOc1ccc(Nc2ccc(OCCO)cc2)cc1. The molecule has 0 radical (unpaired) electrons. The number of nitrogens with one attached hydrogen (secondary N) is 1. The summed E-state index contributed by atoms with van der Waals surface area (Å²) in [6.45, 7) is 1.43. The molecule has 0 spiro atoms. The molecule has 2 aromatic rings. The monoisotopic (exact) mass is 303 g/mol. The standard InChI is InChI=1S/C17H21NO4/c1-20-12-13-22-17-8-4-15(5-9-17)18-14-2-6-16(7-3-14)21-11-10-19/h2-9,18-19H,10-13H2,1H3. The van der Waals surface area contributed by atoms with Crippen LogP contribution >= 0.6 is 0 Å². The second-order valence-electron chi connectivity index (χ2n) is 4.59. The predicted molar refractivity (Wildman–Crippen MR) is 86.1 cm³/mol. The van der Waals surface area contributed by atoms with Crippen LogP contribution in [-0.2, 0) is 4.74 Å². The van der Waals surface area contributed by atoms with Crippen LogP contribution in [0.5, 0.6) is 11.5 Å². The minimum Gasteiger partial charge on any atom is -0.491 e. The first kappa shape index (κ1) is 16.1. The summed E-state index contributed by atoms with van der Waals surface area (Å²) in [6, 6.07) is 15.3. The number of aliphatic hydroxyl groups excluding tert-OH is 1. The summed E-state index contributed by atoms with van der Waals surface area (Å²) in [4.78, 5) is 0. The van der Waals surface area contributed by atoms with E-state index in [9.17, 15) is 0 Å². The third kappa shape index (κ3) is 5.27. The van der Waals surface area contributed by atoms with Crippen molar-refractivity contribution >= 4 is 11.4 Å². The fraction of sp³-hybridized carbons (Fsp3) is 0.294. The number of benzene rings is 2. The first-order valence-electron chi connectivity index (χ1n) is 7.14. The Hall–Kier alpha value is -2.24. The molecular weight excluding hydrogens is 282 g/mol. The fourth-order valence-electron chi connectivity index (χ4n) is 1.84. The Kier molecular flexibility index (Phi) is 6.54. The van der Waals surface area contributed by atoms with Gasteiger partial charge in [-0.25, -0.2) is 0 Å². The molecule has 0 aliphatic heterocycles. The van der Waals surface area contributed by atoms with Crippen molar-refractivity contribution in [3.8, 4) is 11.5 Å². The molecule has 5 nitrogen and oxygen atoms in total. The van der Waals surface area contributed by atoms with E-state index in [4.69, 9.17) is 19.3 Å². The van der Waals surface area contributed by atoms with Gasteiger partial charge in [-0.15, -0.1) is 0 Å². The van der Waals surface area contributed by atoms with Gasteiger partial charge >= 0.3 is 0 Å². The topological polar surface area (TPSA) is 60.0 Å². The Balaban J connectivity index is 1.87. The van der Waals surface area contributed by atoms with Gasteiger partial charge in [0.05, 0.1) is 13.2 Å². The van der Waals surface area contributed by atoms with E-state index < -0.39 is 0 Å². The summed E-state index contributed by atoms with van der Waals surface area (Å²) in [6.07, 6.45) is 0. The van der Waals surface area contributed by atoms with Crippen molar-refractivity contribution in [3.05, 3.63) is 48.5 Å². The molecule has 2 N–H and O–H groups in total. The van der Waals surface area contributed by atoms with Crippen LogP contribution in [-0.4, -0.2) is 38.6 Å². The summed E-state index contributed by atoms with van der Waals surface area (Å²) in [5.74, 6) is 1.55. The molecule has 5 heteroatoms. The average molecular weight is 303 g/mol. The van der Waals surface area contributed by atoms with Crippen molar-refractivity contribution in [3.63, 3.8) is 0 Å². The first-order chi connectivity index (χ1) is 10.8. The molecule has 0 saturated heterocycles. The first-order valence-corrected chi connectivity index (χ1v) is 7.14. The largest absolute Gasteiger partial charge is 0.491 e. The van der Waals surface area contributed by atoms with Gasteiger partial charge in [0.15, 0.2) is 0 Å². The van der Waals surface area contributed by atoms with E-state index >= 15 is 0 Å². The smallest absolute Gasteiger partial charge is 0.119 e. The number of hydrogen-bond acceptors (Lipinski definition) is 5. The highest BCUT2D eigenvalue weighted by Gasteiger charge is 1.98. The average Bonchev–Trinajstić information content (AvgIpc) is 2.56. The highest BCUT2D eigenvalue weighted by atomic mass is 16.5. The second-order valence-corrected chi connectivity index (χ2v) is 4.59. The van der Waals surface area contributed by atoms with Gasteiger partial charge in [0.2, 0.25) is 0 Å². The number of ether oxygens (including phenoxy) is 3. The Labute approximate surface area is 130 Å². The van der Waals surface area contributed by atoms with Crippen molar-refractivity contribution in [2.24, 2.45) is 0 Å². The van der Waals surface area contributed by atoms with Gasteiger partial charge in [0.1, 0.15) is 24.7 Å². The zero-order valence-corrected chi connectivity index (χ0v) is 12.6. The minimum atomic E-state index is 0.0127. The lowest BCUT2D eigenvalue weighted by molar-refractivity contribution is 0.146. The van der Waals surface area contributed by atoms with Crippen LogP contribution in [0.4, 0.5) is 11.4 Å². The summed E-state index contributed by atoms with van der Waals surface area (Å²) >= 11 is 0. The maximum Gasteiger partial charge on any atom is 0.119 e. The van der Waals surface area contributed by atoms with Crippen molar-refractivity contribution in [1.82, 2.24) is 0 Å². The Morgan fingerprint density at radius 1 is 0.773 bits per heavy atom. The summed E-state index contributed by atoms with van der Waals surface area (Å²) in [7, 11) is 1.65. The van der Waals surface area contributed by atoms with Crippen LogP contribution in [0.3, 0.4) is 0 Å². The number of methoxy groups -OCH3 is 1. The van der Waals surface area contributed by atoms with Crippen LogP contribution in [0.1, 0.15) is 0 Å². The van der Waals surface area contributed by atoms with Crippen molar-refractivity contribution in [2.45, 2.75) is 0 Å². The van der Waals surface area contributed by atoms with Crippen LogP contribution in [0, 0.1) is 0 Å². The molecule has 0 aliphatic rings. The maximum atomic E-state index is 8.71. The normalized spacial score (nSPS) is 10.3. The van der Waals surface area contributed by atoms with E-state index in [-0.39, 0.29) is 6.61 Å². The van der Waals surface area contributed by atoms with Crippen molar-refractivity contribution in [2.75, 3.05) is 38.9 Å².